The van der Waals surface area contributed by atoms with Crippen molar-refractivity contribution in [3.05, 3.63) is 18.0 Å². The van der Waals surface area contributed by atoms with Gasteiger partial charge in [0.15, 0.2) is 0 Å². The molecule has 3 nitrogen and oxygen atoms in total. The number of hydrogen-bond acceptors (Lipinski definition) is 2. The molecule has 0 aliphatic heterocycles. The molecule has 3 aliphatic carbocycles. The molecule has 0 N–H and O–H groups in total. The maximum Gasteiger partial charge on any atom is 0.102 e. The molecule has 1 aromatic rings. The van der Waals surface area contributed by atoms with E-state index in [2.05, 4.69) is 38.9 Å². The van der Waals surface area contributed by atoms with Crippen LogP contribution in [0.25, 0.3) is 0 Å². The Morgan fingerprint density at radius 1 is 1.03 bits per heavy atom. The van der Waals surface area contributed by atoms with Crippen molar-refractivity contribution in [3.63, 3.8) is 0 Å². The molecule has 4 rings (SSSR count). The molecule has 0 radical (unpaired) electrons. The number of nitrogens with zero attached hydrogens (tertiary/aromatic N) is 3. The van der Waals surface area contributed by atoms with Crippen molar-refractivity contribution < 1.29 is 0 Å². The zero-order valence-electron chi connectivity index (χ0n) is 20.6. The highest BCUT2D eigenvalue weighted by molar-refractivity contribution is 5.21. The van der Waals surface area contributed by atoms with E-state index in [-0.39, 0.29) is 0 Å². The van der Waals surface area contributed by atoms with E-state index >= 15 is 0 Å². The van der Waals surface area contributed by atoms with Crippen LogP contribution in [0.3, 0.4) is 0 Å². The smallest absolute Gasteiger partial charge is 0.102 e. The first-order valence-electron chi connectivity index (χ1n) is 13.4. The number of hydrogen-bond donors (Lipinski definition) is 0. The van der Waals surface area contributed by atoms with E-state index < -0.39 is 0 Å². The minimum Gasteiger partial charge on any atom is -0.271 e. The average molecular weight is 424 g/mol. The Bertz CT molecular complexity index is 775. The van der Waals surface area contributed by atoms with Crippen LogP contribution in [-0.2, 0) is 6.54 Å². The van der Waals surface area contributed by atoms with Crippen LogP contribution in [0.5, 0.6) is 0 Å². The van der Waals surface area contributed by atoms with Gasteiger partial charge in [-0.1, -0.05) is 47.0 Å². The van der Waals surface area contributed by atoms with Gasteiger partial charge in [0.1, 0.15) is 6.07 Å². The molecule has 31 heavy (non-hydrogen) atoms. The van der Waals surface area contributed by atoms with E-state index in [1.807, 2.05) is 10.9 Å². The molecule has 7 atom stereocenters. The number of rotatable bonds is 8. The van der Waals surface area contributed by atoms with Gasteiger partial charge >= 0.3 is 0 Å². The maximum atomic E-state index is 9.08. The van der Waals surface area contributed by atoms with Crippen molar-refractivity contribution in [1.29, 1.82) is 5.26 Å². The fraction of sp³-hybridized carbons (Fsp3) is 0.857. The lowest BCUT2D eigenvalue weighted by Gasteiger charge is -2.59. The lowest BCUT2D eigenvalue weighted by Crippen LogP contribution is -2.51. The SMILES string of the molecule is CCCCC1CCC2C(CCC3(C)C(CCn4cc(C#N)cn4)CCC23)C1(C)CCC. The number of aryl methyl sites for hydroxylation is 1. The summed E-state index contributed by atoms with van der Waals surface area (Å²) in [4.78, 5) is 0. The second-order valence-electron chi connectivity index (χ2n) is 11.8. The summed E-state index contributed by atoms with van der Waals surface area (Å²) in [5, 5.41) is 13.5. The molecule has 0 bridgehead atoms. The van der Waals surface area contributed by atoms with Crippen molar-refractivity contribution in [3.8, 4) is 6.07 Å². The van der Waals surface area contributed by atoms with E-state index in [0.29, 0.717) is 16.4 Å². The van der Waals surface area contributed by atoms with Crippen molar-refractivity contribution in [2.75, 3.05) is 0 Å². The normalized spacial score (nSPS) is 39.6. The van der Waals surface area contributed by atoms with Crippen LogP contribution in [-0.4, -0.2) is 9.78 Å². The quantitative estimate of drug-likeness (QED) is 0.431. The minimum absolute atomic E-state index is 0.524. The van der Waals surface area contributed by atoms with E-state index in [1.54, 1.807) is 6.20 Å². The summed E-state index contributed by atoms with van der Waals surface area (Å²) in [6.45, 7) is 11.1. The second-order valence-corrected chi connectivity index (χ2v) is 11.8. The fourth-order valence-electron chi connectivity index (χ4n) is 8.80. The molecule has 3 saturated carbocycles. The number of nitriles is 1. The fourth-order valence-corrected chi connectivity index (χ4v) is 8.80. The Kier molecular flexibility index (Phi) is 6.85. The van der Waals surface area contributed by atoms with Crippen LogP contribution >= 0.6 is 0 Å². The average Bonchev–Trinajstić information content (AvgIpc) is 3.35. The van der Waals surface area contributed by atoms with Crippen LogP contribution in [0.2, 0.25) is 0 Å². The summed E-state index contributed by atoms with van der Waals surface area (Å²) in [6, 6.07) is 2.21. The molecule has 7 unspecified atom stereocenters. The molecule has 172 valence electrons. The van der Waals surface area contributed by atoms with Gasteiger partial charge in [0.25, 0.3) is 0 Å². The number of fused-ring (bicyclic) bond motifs is 3. The van der Waals surface area contributed by atoms with Crippen molar-refractivity contribution in [2.24, 2.45) is 40.4 Å². The van der Waals surface area contributed by atoms with E-state index in [4.69, 9.17) is 5.26 Å². The molecule has 0 spiro atoms. The van der Waals surface area contributed by atoms with Gasteiger partial charge in [0.05, 0.1) is 11.8 Å². The highest BCUT2D eigenvalue weighted by Gasteiger charge is 2.58. The summed E-state index contributed by atoms with van der Waals surface area (Å²) < 4.78 is 2.00. The van der Waals surface area contributed by atoms with E-state index in [1.165, 1.54) is 77.0 Å². The lowest BCUT2D eigenvalue weighted by atomic mass is 9.46. The summed E-state index contributed by atoms with van der Waals surface area (Å²) in [5.74, 6) is 4.65. The van der Waals surface area contributed by atoms with Gasteiger partial charge in [-0.25, -0.2) is 0 Å². The van der Waals surface area contributed by atoms with Gasteiger partial charge in [-0.05, 0) is 98.2 Å². The topological polar surface area (TPSA) is 41.6 Å². The van der Waals surface area contributed by atoms with Gasteiger partial charge < -0.3 is 0 Å². The molecule has 3 heteroatoms. The van der Waals surface area contributed by atoms with Crippen LogP contribution in [0.15, 0.2) is 12.4 Å². The van der Waals surface area contributed by atoms with Gasteiger partial charge in [-0.2, -0.15) is 10.4 Å². The lowest BCUT2D eigenvalue weighted by molar-refractivity contribution is -0.102. The molecule has 0 saturated heterocycles. The standard InChI is InChI=1S/C28H45N3/c1-5-7-8-22-9-11-24-25-12-10-23(14-17-31-20-21(18-29)19-30-31)28(25,4)16-13-26(24)27(22,3)15-6-2/h19-20,22-26H,5-17H2,1-4H3. The van der Waals surface area contributed by atoms with Crippen molar-refractivity contribution in [2.45, 2.75) is 111 Å². The summed E-state index contributed by atoms with van der Waals surface area (Å²) in [6.07, 6.45) is 20.6. The maximum absolute atomic E-state index is 9.08. The van der Waals surface area contributed by atoms with Gasteiger partial charge in [-0.3, -0.25) is 4.68 Å². The highest BCUT2D eigenvalue weighted by atomic mass is 15.3. The summed E-state index contributed by atoms with van der Waals surface area (Å²) in [5.41, 5.74) is 1.79. The molecule has 0 amide bonds. The van der Waals surface area contributed by atoms with Gasteiger partial charge in [-0.15, -0.1) is 0 Å². The minimum atomic E-state index is 0.524. The molecule has 1 heterocycles. The third-order valence-electron chi connectivity index (χ3n) is 10.4. The van der Waals surface area contributed by atoms with Crippen molar-refractivity contribution in [1.82, 2.24) is 9.78 Å². The first kappa shape index (κ1) is 22.9. The zero-order valence-corrected chi connectivity index (χ0v) is 20.6. The van der Waals surface area contributed by atoms with Crippen LogP contribution in [0.4, 0.5) is 0 Å². The van der Waals surface area contributed by atoms with E-state index in [0.717, 1.165) is 36.1 Å². The third-order valence-corrected chi connectivity index (χ3v) is 10.4. The Morgan fingerprint density at radius 3 is 2.55 bits per heavy atom. The Balaban J connectivity index is 1.47. The molecule has 1 aromatic heterocycles. The van der Waals surface area contributed by atoms with Gasteiger partial charge in [0, 0.05) is 12.7 Å². The first-order valence-corrected chi connectivity index (χ1v) is 13.4. The van der Waals surface area contributed by atoms with Crippen LogP contribution in [0, 0.1) is 51.8 Å². The third kappa shape index (κ3) is 4.09. The summed E-state index contributed by atoms with van der Waals surface area (Å²) in [7, 11) is 0. The molecular weight excluding hydrogens is 378 g/mol. The largest absolute Gasteiger partial charge is 0.271 e. The Morgan fingerprint density at radius 2 is 1.84 bits per heavy atom. The Labute approximate surface area is 191 Å². The monoisotopic (exact) mass is 423 g/mol. The van der Waals surface area contributed by atoms with Crippen molar-refractivity contribution >= 4 is 0 Å². The molecule has 3 aliphatic rings. The zero-order chi connectivity index (χ0) is 22.1. The van der Waals surface area contributed by atoms with E-state index in [9.17, 15) is 0 Å². The first-order chi connectivity index (χ1) is 15.0. The predicted octanol–water partition coefficient (Wildman–Crippen LogP) is 7.61. The molecular formula is C28H45N3. The van der Waals surface area contributed by atoms with Crippen LogP contribution < -0.4 is 0 Å². The predicted molar refractivity (Wildman–Crippen MR) is 127 cm³/mol. The van der Waals surface area contributed by atoms with Crippen LogP contribution in [0.1, 0.15) is 110 Å². The highest BCUT2D eigenvalue weighted by Crippen LogP contribution is 2.67. The molecule has 0 aromatic carbocycles. The number of aromatic nitrogens is 2. The Hall–Kier alpha value is -1.30. The summed E-state index contributed by atoms with van der Waals surface area (Å²) >= 11 is 0. The van der Waals surface area contributed by atoms with Gasteiger partial charge in [0.2, 0.25) is 0 Å². The second kappa shape index (κ2) is 9.29. The number of unbranched alkanes of at least 4 members (excludes halogenated alkanes) is 1. The molecule has 3 fully saturated rings.